The molecule has 1 amide bonds. The van der Waals surface area contributed by atoms with Gasteiger partial charge in [-0.25, -0.2) is 9.78 Å². The van der Waals surface area contributed by atoms with Gasteiger partial charge >= 0.3 is 5.97 Å². The van der Waals surface area contributed by atoms with Gasteiger partial charge in [-0.05, 0) is 6.92 Å². The Morgan fingerprint density at radius 1 is 1.50 bits per heavy atom. The van der Waals surface area contributed by atoms with Crippen molar-refractivity contribution in [3.8, 4) is 0 Å². The average molecular weight is 267 g/mol. The fourth-order valence-corrected chi connectivity index (χ4v) is 1.89. The first-order valence-corrected chi connectivity index (χ1v) is 5.70. The molecular weight excluding hydrogens is 258 g/mol. The maximum Gasteiger partial charge on any atom is 0.349 e. The van der Waals surface area contributed by atoms with Crippen LogP contribution in [0.5, 0.6) is 0 Å². The number of esters is 1. The van der Waals surface area contributed by atoms with Crippen LogP contribution in [0.2, 0.25) is 0 Å². The molecule has 0 atom stereocenters. The summed E-state index contributed by atoms with van der Waals surface area (Å²) in [4.78, 5) is 27.1. The van der Waals surface area contributed by atoms with Crippen LogP contribution in [0.3, 0.4) is 0 Å². The van der Waals surface area contributed by atoms with E-state index in [1.54, 1.807) is 6.92 Å². The predicted octanol–water partition coefficient (Wildman–Crippen LogP) is 1.48. The highest BCUT2D eigenvalue weighted by Crippen LogP contribution is 2.19. The lowest BCUT2D eigenvalue weighted by Gasteiger charge is -1.95. The van der Waals surface area contributed by atoms with E-state index in [1.165, 1.54) is 19.4 Å². The van der Waals surface area contributed by atoms with Crippen LogP contribution in [0.4, 0.5) is 5.13 Å². The second kappa shape index (κ2) is 4.96. The zero-order valence-electron chi connectivity index (χ0n) is 9.59. The van der Waals surface area contributed by atoms with E-state index in [2.05, 4.69) is 20.2 Å². The van der Waals surface area contributed by atoms with E-state index < -0.39 is 11.9 Å². The Hall–Kier alpha value is -2.22. The van der Waals surface area contributed by atoms with Crippen molar-refractivity contribution in [2.24, 2.45) is 0 Å². The first kappa shape index (κ1) is 12.2. The maximum absolute atomic E-state index is 11.7. The number of rotatable bonds is 3. The van der Waals surface area contributed by atoms with Crippen LogP contribution >= 0.6 is 11.3 Å². The number of methoxy groups -OCH3 is 1. The van der Waals surface area contributed by atoms with Crippen LogP contribution in [0.25, 0.3) is 0 Å². The number of hydrogen-bond donors (Lipinski definition) is 1. The largest absolute Gasteiger partial charge is 0.465 e. The van der Waals surface area contributed by atoms with Crippen LogP contribution in [-0.2, 0) is 4.74 Å². The van der Waals surface area contributed by atoms with Gasteiger partial charge in [0.2, 0.25) is 0 Å². The third-order valence-electron chi connectivity index (χ3n) is 1.97. The molecule has 18 heavy (non-hydrogen) atoms. The lowest BCUT2D eigenvalue weighted by molar-refractivity contribution is 0.0606. The Morgan fingerprint density at radius 2 is 2.28 bits per heavy atom. The Labute approximate surface area is 106 Å². The second-order valence-corrected chi connectivity index (χ2v) is 4.33. The number of nitrogens with zero attached hydrogens (tertiary/aromatic N) is 2. The minimum atomic E-state index is -0.495. The number of carbonyl (C=O) groups excluding carboxylic acids is 2. The molecule has 0 unspecified atom stereocenters. The smallest absolute Gasteiger partial charge is 0.349 e. The van der Waals surface area contributed by atoms with Crippen molar-refractivity contribution < 1.29 is 18.8 Å². The standard InChI is InChI=1S/C10H9N3O4S/c1-5-3-6(13-17-5)8(14)12-10-11-4-7(18-10)9(15)16-2/h3-4H,1-2H3,(H,11,12,14). The van der Waals surface area contributed by atoms with Crippen molar-refractivity contribution in [1.29, 1.82) is 0 Å². The summed E-state index contributed by atoms with van der Waals surface area (Å²) in [5.74, 6) is -0.405. The molecule has 1 N–H and O–H groups in total. The maximum atomic E-state index is 11.7. The highest BCUT2D eigenvalue weighted by molar-refractivity contribution is 7.17. The zero-order valence-corrected chi connectivity index (χ0v) is 10.4. The van der Waals surface area contributed by atoms with Crippen LogP contribution < -0.4 is 5.32 Å². The van der Waals surface area contributed by atoms with Crippen molar-refractivity contribution in [3.05, 3.63) is 28.6 Å². The van der Waals surface area contributed by atoms with E-state index in [9.17, 15) is 9.59 Å². The molecule has 0 saturated carbocycles. The number of thiazole rings is 1. The van der Waals surface area contributed by atoms with Gasteiger partial charge in [0.05, 0.1) is 13.3 Å². The predicted molar refractivity (Wildman–Crippen MR) is 62.6 cm³/mol. The minimum Gasteiger partial charge on any atom is -0.465 e. The van der Waals surface area contributed by atoms with Crippen molar-refractivity contribution in [1.82, 2.24) is 10.1 Å². The summed E-state index contributed by atoms with van der Waals surface area (Å²) in [7, 11) is 1.28. The molecule has 0 saturated heterocycles. The number of aryl methyl sites for hydroxylation is 1. The SMILES string of the molecule is COC(=O)c1cnc(NC(=O)c2cc(C)on2)s1. The number of carbonyl (C=O) groups is 2. The zero-order chi connectivity index (χ0) is 13.1. The fourth-order valence-electron chi connectivity index (χ4n) is 1.16. The van der Waals surface area contributed by atoms with E-state index in [1.807, 2.05) is 0 Å². The van der Waals surface area contributed by atoms with E-state index in [4.69, 9.17) is 4.52 Å². The lowest BCUT2D eigenvalue weighted by Crippen LogP contribution is -2.11. The van der Waals surface area contributed by atoms with Crippen molar-refractivity contribution in [2.45, 2.75) is 6.92 Å². The molecule has 0 spiro atoms. The second-order valence-electron chi connectivity index (χ2n) is 3.30. The first-order chi connectivity index (χ1) is 8.60. The molecule has 0 aliphatic heterocycles. The topological polar surface area (TPSA) is 94.3 Å². The van der Waals surface area contributed by atoms with Gasteiger partial charge in [-0.1, -0.05) is 16.5 Å². The molecule has 0 fully saturated rings. The van der Waals surface area contributed by atoms with Crippen LogP contribution in [0.15, 0.2) is 16.8 Å². The highest BCUT2D eigenvalue weighted by atomic mass is 32.1. The Balaban J connectivity index is 2.08. The molecule has 0 radical (unpaired) electrons. The molecule has 0 bridgehead atoms. The third-order valence-corrected chi connectivity index (χ3v) is 2.87. The molecule has 0 aliphatic carbocycles. The summed E-state index contributed by atoms with van der Waals surface area (Å²) >= 11 is 1.02. The van der Waals surface area contributed by atoms with Crippen LogP contribution in [0.1, 0.15) is 25.9 Å². The van der Waals surface area contributed by atoms with Gasteiger partial charge in [0, 0.05) is 6.07 Å². The number of anilines is 1. The van der Waals surface area contributed by atoms with Gasteiger partial charge in [-0.2, -0.15) is 0 Å². The van der Waals surface area contributed by atoms with Gasteiger partial charge in [-0.3, -0.25) is 10.1 Å². The van der Waals surface area contributed by atoms with E-state index in [-0.39, 0.29) is 5.69 Å². The number of hydrogen-bond acceptors (Lipinski definition) is 7. The van der Waals surface area contributed by atoms with Gasteiger partial charge in [-0.15, -0.1) is 0 Å². The molecule has 0 aromatic carbocycles. The summed E-state index contributed by atoms with van der Waals surface area (Å²) in [6.07, 6.45) is 1.33. The summed E-state index contributed by atoms with van der Waals surface area (Å²) in [6.45, 7) is 1.68. The van der Waals surface area contributed by atoms with Crippen molar-refractivity contribution in [2.75, 3.05) is 12.4 Å². The Morgan fingerprint density at radius 3 is 2.89 bits per heavy atom. The molecule has 7 nitrogen and oxygen atoms in total. The van der Waals surface area contributed by atoms with Gasteiger partial charge in [0.15, 0.2) is 10.8 Å². The van der Waals surface area contributed by atoms with E-state index in [0.717, 1.165) is 11.3 Å². The van der Waals surface area contributed by atoms with Crippen LogP contribution in [0, 0.1) is 6.92 Å². The first-order valence-electron chi connectivity index (χ1n) is 4.89. The number of amides is 1. The minimum absolute atomic E-state index is 0.155. The average Bonchev–Trinajstić information content (AvgIpc) is 2.97. The van der Waals surface area contributed by atoms with Crippen molar-refractivity contribution in [3.63, 3.8) is 0 Å². The summed E-state index contributed by atoms with van der Waals surface area (Å²) in [6, 6.07) is 1.50. The summed E-state index contributed by atoms with van der Waals surface area (Å²) in [5, 5.41) is 6.37. The summed E-state index contributed by atoms with van der Waals surface area (Å²) < 4.78 is 9.32. The molecule has 2 aromatic heterocycles. The van der Waals surface area contributed by atoms with Gasteiger partial charge in [0.1, 0.15) is 10.6 Å². The van der Waals surface area contributed by atoms with Gasteiger partial charge in [0.25, 0.3) is 5.91 Å². The van der Waals surface area contributed by atoms with Crippen molar-refractivity contribution >= 4 is 28.3 Å². The lowest BCUT2D eigenvalue weighted by atomic mass is 10.4. The quantitative estimate of drug-likeness (QED) is 0.846. The highest BCUT2D eigenvalue weighted by Gasteiger charge is 2.15. The number of nitrogens with one attached hydrogen (secondary N) is 1. The van der Waals surface area contributed by atoms with Crippen LogP contribution in [-0.4, -0.2) is 29.1 Å². The van der Waals surface area contributed by atoms with E-state index >= 15 is 0 Å². The molecule has 0 aliphatic rings. The number of aromatic nitrogens is 2. The molecular formula is C10H9N3O4S. The van der Waals surface area contributed by atoms with E-state index in [0.29, 0.717) is 15.8 Å². The number of ether oxygens (including phenoxy) is 1. The Kier molecular flexibility index (Phi) is 3.38. The molecule has 2 rings (SSSR count). The molecule has 2 aromatic rings. The molecule has 2 heterocycles. The van der Waals surface area contributed by atoms with Gasteiger partial charge < -0.3 is 9.26 Å². The normalized spacial score (nSPS) is 10.1. The molecule has 8 heteroatoms. The Bertz CT molecular complexity index is 589. The monoisotopic (exact) mass is 267 g/mol. The third kappa shape index (κ3) is 2.54. The summed E-state index contributed by atoms with van der Waals surface area (Å²) in [5.41, 5.74) is 0.155. The molecule has 94 valence electrons. The fraction of sp³-hybridized carbons (Fsp3) is 0.200.